The molecule has 1 aromatic heterocycles. The first kappa shape index (κ1) is 8.82. The highest BCUT2D eigenvalue weighted by atomic mass is 35.5. The van der Waals surface area contributed by atoms with Crippen LogP contribution in [0.1, 0.15) is 17.5 Å². The van der Waals surface area contributed by atoms with Gasteiger partial charge in [-0.3, -0.25) is 0 Å². The van der Waals surface area contributed by atoms with Gasteiger partial charge in [0, 0.05) is 24.8 Å². The number of rotatable bonds is 2. The summed E-state index contributed by atoms with van der Waals surface area (Å²) in [6, 6.07) is 2.01. The molecule has 1 aliphatic heterocycles. The first-order valence-corrected chi connectivity index (χ1v) is 5.12. The largest absolute Gasteiger partial charge is 0.356 e. The average molecular weight is 197 g/mol. The molecular weight excluding hydrogens is 184 g/mol. The van der Waals surface area contributed by atoms with Crippen molar-refractivity contribution in [3.05, 3.63) is 23.4 Å². The van der Waals surface area contributed by atoms with E-state index >= 15 is 0 Å². The van der Waals surface area contributed by atoms with Gasteiger partial charge in [0.2, 0.25) is 0 Å². The minimum atomic E-state index is 0.561. The van der Waals surface area contributed by atoms with Crippen LogP contribution in [0.2, 0.25) is 0 Å². The molecular formula is C10H13ClN2. The van der Waals surface area contributed by atoms with E-state index in [1.54, 1.807) is 0 Å². The van der Waals surface area contributed by atoms with Gasteiger partial charge in [-0.2, -0.15) is 0 Å². The van der Waals surface area contributed by atoms with Crippen LogP contribution in [-0.4, -0.2) is 18.1 Å². The van der Waals surface area contributed by atoms with Crippen LogP contribution in [0.15, 0.2) is 12.3 Å². The van der Waals surface area contributed by atoms with Crippen molar-refractivity contribution in [2.75, 3.05) is 18.0 Å². The molecule has 1 aromatic rings. The minimum Gasteiger partial charge on any atom is -0.356 e. The molecule has 70 valence electrons. The van der Waals surface area contributed by atoms with Gasteiger partial charge in [-0.1, -0.05) is 0 Å². The highest BCUT2D eigenvalue weighted by Crippen LogP contribution is 2.25. The van der Waals surface area contributed by atoms with E-state index < -0.39 is 0 Å². The molecule has 0 spiro atoms. The molecule has 2 heterocycles. The molecule has 1 saturated heterocycles. The third-order valence-corrected chi connectivity index (χ3v) is 2.82. The number of anilines is 1. The lowest BCUT2D eigenvalue weighted by Crippen LogP contribution is -2.38. The molecule has 13 heavy (non-hydrogen) atoms. The Morgan fingerprint density at radius 1 is 1.54 bits per heavy atom. The minimum absolute atomic E-state index is 0.561. The van der Waals surface area contributed by atoms with Crippen LogP contribution in [-0.2, 0) is 5.88 Å². The fraction of sp³-hybridized carbons (Fsp3) is 0.500. The van der Waals surface area contributed by atoms with Crippen molar-refractivity contribution in [2.24, 2.45) is 0 Å². The van der Waals surface area contributed by atoms with E-state index in [2.05, 4.69) is 16.8 Å². The zero-order valence-electron chi connectivity index (χ0n) is 7.76. The second kappa shape index (κ2) is 3.54. The van der Waals surface area contributed by atoms with Gasteiger partial charge in [0.1, 0.15) is 5.82 Å². The van der Waals surface area contributed by atoms with E-state index in [-0.39, 0.29) is 0 Å². The number of aryl methyl sites for hydroxylation is 1. The van der Waals surface area contributed by atoms with E-state index in [4.69, 9.17) is 11.6 Å². The van der Waals surface area contributed by atoms with Gasteiger partial charge in [0.05, 0.1) is 5.88 Å². The van der Waals surface area contributed by atoms with E-state index in [0.717, 1.165) is 18.9 Å². The van der Waals surface area contributed by atoms with Crippen LogP contribution in [0.3, 0.4) is 0 Å². The second-order valence-corrected chi connectivity index (χ2v) is 3.67. The molecule has 0 aliphatic carbocycles. The zero-order valence-corrected chi connectivity index (χ0v) is 8.51. The standard InChI is InChI=1S/C10H13ClN2/c1-8-3-4-12-10(9(8)7-11)13-5-2-6-13/h3-4H,2,5-7H2,1H3. The Bertz CT molecular complexity index is 308. The first-order chi connectivity index (χ1) is 6.33. The maximum atomic E-state index is 5.90. The van der Waals surface area contributed by atoms with Crippen LogP contribution in [0, 0.1) is 6.92 Å². The smallest absolute Gasteiger partial charge is 0.133 e. The first-order valence-electron chi connectivity index (χ1n) is 4.58. The second-order valence-electron chi connectivity index (χ2n) is 3.40. The van der Waals surface area contributed by atoms with Crippen molar-refractivity contribution < 1.29 is 0 Å². The highest BCUT2D eigenvalue weighted by Gasteiger charge is 2.19. The Balaban J connectivity index is 2.37. The lowest BCUT2D eigenvalue weighted by molar-refractivity contribution is 0.607. The van der Waals surface area contributed by atoms with E-state index in [1.807, 2.05) is 12.3 Å². The molecule has 0 saturated carbocycles. The fourth-order valence-corrected chi connectivity index (χ4v) is 1.87. The number of pyridine rings is 1. The van der Waals surface area contributed by atoms with Crippen molar-refractivity contribution >= 4 is 17.4 Å². The van der Waals surface area contributed by atoms with Crippen molar-refractivity contribution in [2.45, 2.75) is 19.2 Å². The zero-order chi connectivity index (χ0) is 9.26. The number of halogens is 1. The normalized spacial score (nSPS) is 15.7. The Labute approximate surface area is 83.5 Å². The van der Waals surface area contributed by atoms with Crippen LogP contribution >= 0.6 is 11.6 Å². The van der Waals surface area contributed by atoms with Crippen LogP contribution in [0.5, 0.6) is 0 Å². The molecule has 0 radical (unpaired) electrons. The number of aromatic nitrogens is 1. The summed E-state index contributed by atoms with van der Waals surface area (Å²) < 4.78 is 0. The highest BCUT2D eigenvalue weighted by molar-refractivity contribution is 6.17. The van der Waals surface area contributed by atoms with Crippen molar-refractivity contribution in [3.8, 4) is 0 Å². The van der Waals surface area contributed by atoms with Crippen molar-refractivity contribution in [1.82, 2.24) is 4.98 Å². The fourth-order valence-electron chi connectivity index (χ4n) is 1.54. The van der Waals surface area contributed by atoms with Gasteiger partial charge in [-0.05, 0) is 25.0 Å². The average Bonchev–Trinajstić information content (AvgIpc) is 2.01. The Kier molecular flexibility index (Phi) is 2.40. The molecule has 0 amide bonds. The van der Waals surface area contributed by atoms with Crippen molar-refractivity contribution in [3.63, 3.8) is 0 Å². The summed E-state index contributed by atoms with van der Waals surface area (Å²) in [4.78, 5) is 6.66. The van der Waals surface area contributed by atoms with Gasteiger partial charge in [0.15, 0.2) is 0 Å². The van der Waals surface area contributed by atoms with E-state index in [0.29, 0.717) is 5.88 Å². The maximum Gasteiger partial charge on any atom is 0.133 e. The topological polar surface area (TPSA) is 16.1 Å². The number of hydrogen-bond donors (Lipinski definition) is 0. The Morgan fingerprint density at radius 2 is 2.31 bits per heavy atom. The van der Waals surface area contributed by atoms with Gasteiger partial charge >= 0.3 is 0 Å². The summed E-state index contributed by atoms with van der Waals surface area (Å²) in [5.74, 6) is 1.65. The number of nitrogens with zero attached hydrogens (tertiary/aromatic N) is 2. The molecule has 0 aromatic carbocycles. The summed E-state index contributed by atoms with van der Waals surface area (Å²) >= 11 is 5.90. The lowest BCUT2D eigenvalue weighted by atomic mass is 10.1. The summed E-state index contributed by atoms with van der Waals surface area (Å²) in [6.45, 7) is 4.34. The quantitative estimate of drug-likeness (QED) is 0.675. The summed E-state index contributed by atoms with van der Waals surface area (Å²) in [7, 11) is 0. The summed E-state index contributed by atoms with van der Waals surface area (Å²) in [5.41, 5.74) is 2.43. The lowest BCUT2D eigenvalue weighted by Gasteiger charge is -2.33. The van der Waals surface area contributed by atoms with Gasteiger partial charge < -0.3 is 4.90 Å². The SMILES string of the molecule is Cc1ccnc(N2CCC2)c1CCl. The molecule has 2 rings (SSSR count). The third kappa shape index (κ3) is 1.51. The van der Waals surface area contributed by atoms with E-state index in [9.17, 15) is 0 Å². The Morgan fingerprint density at radius 3 is 2.85 bits per heavy atom. The molecule has 1 fully saturated rings. The van der Waals surface area contributed by atoms with Gasteiger partial charge in [0.25, 0.3) is 0 Å². The maximum absolute atomic E-state index is 5.90. The number of hydrogen-bond acceptors (Lipinski definition) is 2. The molecule has 2 nitrogen and oxygen atoms in total. The third-order valence-electron chi connectivity index (χ3n) is 2.56. The molecule has 3 heteroatoms. The van der Waals surface area contributed by atoms with E-state index in [1.165, 1.54) is 17.5 Å². The molecule has 0 bridgehead atoms. The Hall–Kier alpha value is -0.760. The monoisotopic (exact) mass is 196 g/mol. The molecule has 1 aliphatic rings. The number of alkyl halides is 1. The van der Waals surface area contributed by atoms with Crippen molar-refractivity contribution in [1.29, 1.82) is 0 Å². The van der Waals surface area contributed by atoms with Crippen LogP contribution in [0.4, 0.5) is 5.82 Å². The predicted octanol–water partition coefficient (Wildman–Crippen LogP) is 2.34. The van der Waals surface area contributed by atoms with Crippen LogP contribution < -0.4 is 4.90 Å². The predicted molar refractivity (Wildman–Crippen MR) is 55.4 cm³/mol. The van der Waals surface area contributed by atoms with Gasteiger partial charge in [-0.15, -0.1) is 11.6 Å². The summed E-state index contributed by atoms with van der Waals surface area (Å²) in [5, 5.41) is 0. The molecule has 0 atom stereocenters. The summed E-state index contributed by atoms with van der Waals surface area (Å²) in [6.07, 6.45) is 3.14. The van der Waals surface area contributed by atoms with Crippen LogP contribution in [0.25, 0.3) is 0 Å². The van der Waals surface area contributed by atoms with Gasteiger partial charge in [-0.25, -0.2) is 4.98 Å². The molecule has 0 unspecified atom stereocenters. The molecule has 0 N–H and O–H groups in total.